The van der Waals surface area contributed by atoms with E-state index in [1.807, 2.05) is 78.9 Å². The predicted octanol–water partition coefficient (Wildman–Crippen LogP) is 6.95. The van der Waals surface area contributed by atoms with Gasteiger partial charge in [-0.15, -0.1) is 0 Å². The van der Waals surface area contributed by atoms with Gasteiger partial charge in [0.1, 0.15) is 28.4 Å². The van der Waals surface area contributed by atoms with Crippen LogP contribution >= 0.6 is 0 Å². The smallest absolute Gasteiger partial charge is 0.178 e. The van der Waals surface area contributed by atoms with Crippen molar-refractivity contribution in [2.75, 3.05) is 14.2 Å². The SMILES string of the molecule is COc1ccc(C2(c3ccc(OC)cc3)C=Cc3c(ccc4oc5ccccc5c34)O2)cc1. The molecule has 0 saturated carbocycles. The highest BCUT2D eigenvalue weighted by atomic mass is 16.5. The zero-order valence-corrected chi connectivity index (χ0v) is 18.4. The van der Waals surface area contributed by atoms with Crippen molar-refractivity contribution in [2.45, 2.75) is 5.60 Å². The van der Waals surface area contributed by atoms with E-state index in [2.05, 4.69) is 18.2 Å². The lowest BCUT2D eigenvalue weighted by atomic mass is 9.83. The molecule has 4 heteroatoms. The van der Waals surface area contributed by atoms with E-state index in [0.717, 1.165) is 55.9 Å². The average molecular weight is 434 g/mol. The Morgan fingerprint density at radius 2 is 1.30 bits per heavy atom. The number of rotatable bonds is 4. The van der Waals surface area contributed by atoms with E-state index in [4.69, 9.17) is 18.6 Å². The Morgan fingerprint density at radius 3 is 1.94 bits per heavy atom. The number of para-hydroxylation sites is 1. The molecule has 1 aliphatic heterocycles. The number of furan rings is 1. The van der Waals surface area contributed by atoms with Gasteiger partial charge in [-0.3, -0.25) is 0 Å². The summed E-state index contributed by atoms with van der Waals surface area (Å²) in [6.07, 6.45) is 4.28. The summed E-state index contributed by atoms with van der Waals surface area (Å²) in [4.78, 5) is 0. The first-order chi connectivity index (χ1) is 16.2. The van der Waals surface area contributed by atoms with E-state index in [0.29, 0.717) is 0 Å². The minimum atomic E-state index is -0.793. The summed E-state index contributed by atoms with van der Waals surface area (Å²) >= 11 is 0. The zero-order valence-electron chi connectivity index (χ0n) is 18.4. The Balaban J connectivity index is 1.56. The van der Waals surface area contributed by atoms with Crippen molar-refractivity contribution in [3.8, 4) is 17.2 Å². The number of hydrogen-bond acceptors (Lipinski definition) is 4. The third-order valence-electron chi connectivity index (χ3n) is 6.34. The Bertz CT molecular complexity index is 1440. The molecule has 5 aromatic rings. The van der Waals surface area contributed by atoms with Gasteiger partial charge in [0, 0.05) is 27.5 Å². The first-order valence-corrected chi connectivity index (χ1v) is 10.8. The molecule has 0 atom stereocenters. The lowest BCUT2D eigenvalue weighted by molar-refractivity contribution is 0.161. The van der Waals surface area contributed by atoms with E-state index >= 15 is 0 Å². The van der Waals surface area contributed by atoms with Gasteiger partial charge in [-0.05, 0) is 54.6 Å². The van der Waals surface area contributed by atoms with Crippen LogP contribution in [-0.2, 0) is 5.60 Å². The third-order valence-corrected chi connectivity index (χ3v) is 6.34. The normalized spacial score (nSPS) is 14.1. The van der Waals surface area contributed by atoms with E-state index in [-0.39, 0.29) is 0 Å². The number of hydrogen-bond donors (Lipinski definition) is 0. The number of ether oxygens (including phenoxy) is 3. The van der Waals surface area contributed by atoms with Crippen molar-refractivity contribution in [3.05, 3.63) is 108 Å². The van der Waals surface area contributed by atoms with Crippen LogP contribution < -0.4 is 14.2 Å². The summed E-state index contributed by atoms with van der Waals surface area (Å²) in [6.45, 7) is 0. The van der Waals surface area contributed by atoms with Gasteiger partial charge in [0.15, 0.2) is 5.60 Å². The van der Waals surface area contributed by atoms with Gasteiger partial charge >= 0.3 is 0 Å². The number of fused-ring (bicyclic) bond motifs is 5. The molecule has 162 valence electrons. The molecule has 0 aliphatic carbocycles. The molecule has 0 radical (unpaired) electrons. The molecule has 1 aliphatic rings. The first-order valence-electron chi connectivity index (χ1n) is 10.8. The van der Waals surface area contributed by atoms with Crippen molar-refractivity contribution in [1.82, 2.24) is 0 Å². The second kappa shape index (κ2) is 7.45. The van der Waals surface area contributed by atoms with Crippen molar-refractivity contribution < 1.29 is 18.6 Å². The van der Waals surface area contributed by atoms with Crippen LogP contribution in [0.25, 0.3) is 28.0 Å². The molecule has 4 aromatic carbocycles. The predicted molar refractivity (Wildman–Crippen MR) is 130 cm³/mol. The second-order valence-electron chi connectivity index (χ2n) is 8.08. The summed E-state index contributed by atoms with van der Waals surface area (Å²) in [5, 5.41) is 2.15. The monoisotopic (exact) mass is 434 g/mol. The molecule has 0 bridgehead atoms. The summed E-state index contributed by atoms with van der Waals surface area (Å²) in [5.74, 6) is 2.41. The molecule has 0 fully saturated rings. The highest BCUT2D eigenvalue weighted by Crippen LogP contribution is 2.46. The molecule has 0 amide bonds. The van der Waals surface area contributed by atoms with E-state index in [9.17, 15) is 0 Å². The molecule has 0 saturated heterocycles. The largest absolute Gasteiger partial charge is 0.497 e. The number of benzene rings is 4. The van der Waals surface area contributed by atoms with Crippen LogP contribution in [0.5, 0.6) is 17.2 Å². The molecular formula is C29H22O4. The van der Waals surface area contributed by atoms with E-state index in [1.54, 1.807) is 14.2 Å². The van der Waals surface area contributed by atoms with Crippen LogP contribution in [0.15, 0.2) is 95.4 Å². The van der Waals surface area contributed by atoms with Crippen LogP contribution in [0, 0.1) is 0 Å². The van der Waals surface area contributed by atoms with Gasteiger partial charge in [0.05, 0.1) is 14.2 Å². The Kier molecular flexibility index (Phi) is 4.40. The average Bonchev–Trinajstić information content (AvgIpc) is 3.27. The topological polar surface area (TPSA) is 40.8 Å². The minimum Gasteiger partial charge on any atom is -0.497 e. The summed E-state index contributed by atoms with van der Waals surface area (Å²) < 4.78 is 23.7. The molecular weight excluding hydrogens is 412 g/mol. The zero-order chi connectivity index (χ0) is 22.4. The highest BCUT2D eigenvalue weighted by molar-refractivity contribution is 6.10. The van der Waals surface area contributed by atoms with Crippen molar-refractivity contribution in [2.24, 2.45) is 0 Å². The lowest BCUT2D eigenvalue weighted by Crippen LogP contribution is -2.34. The van der Waals surface area contributed by atoms with Gasteiger partial charge in [-0.25, -0.2) is 0 Å². The lowest BCUT2D eigenvalue weighted by Gasteiger charge is -2.36. The van der Waals surface area contributed by atoms with Crippen molar-refractivity contribution in [1.29, 1.82) is 0 Å². The summed E-state index contributed by atoms with van der Waals surface area (Å²) in [5.41, 5.74) is 3.97. The highest BCUT2D eigenvalue weighted by Gasteiger charge is 2.38. The maximum absolute atomic E-state index is 6.86. The van der Waals surface area contributed by atoms with E-state index in [1.165, 1.54) is 0 Å². The fourth-order valence-electron chi connectivity index (χ4n) is 4.64. The van der Waals surface area contributed by atoms with Crippen LogP contribution in [0.3, 0.4) is 0 Å². The summed E-state index contributed by atoms with van der Waals surface area (Å²) in [6, 6.07) is 28.1. The van der Waals surface area contributed by atoms with Crippen LogP contribution in [0.2, 0.25) is 0 Å². The number of methoxy groups -OCH3 is 2. The second-order valence-corrected chi connectivity index (χ2v) is 8.08. The summed E-state index contributed by atoms with van der Waals surface area (Å²) in [7, 11) is 3.34. The van der Waals surface area contributed by atoms with E-state index < -0.39 is 5.60 Å². The molecule has 1 aromatic heterocycles. The van der Waals surface area contributed by atoms with Crippen LogP contribution in [-0.4, -0.2) is 14.2 Å². The third kappa shape index (κ3) is 2.99. The van der Waals surface area contributed by atoms with Gasteiger partial charge in [0.2, 0.25) is 0 Å². The van der Waals surface area contributed by atoms with Crippen molar-refractivity contribution in [3.63, 3.8) is 0 Å². The Labute approximate surface area is 191 Å². The molecule has 4 nitrogen and oxygen atoms in total. The molecule has 0 spiro atoms. The van der Waals surface area contributed by atoms with Crippen molar-refractivity contribution >= 4 is 28.0 Å². The maximum Gasteiger partial charge on any atom is 0.178 e. The molecule has 2 heterocycles. The first kappa shape index (κ1) is 19.5. The Hall–Kier alpha value is -4.18. The van der Waals surface area contributed by atoms with Gasteiger partial charge in [-0.2, -0.15) is 0 Å². The molecule has 0 N–H and O–H groups in total. The van der Waals surface area contributed by atoms with Crippen LogP contribution in [0.1, 0.15) is 16.7 Å². The van der Waals surface area contributed by atoms with Gasteiger partial charge in [0.25, 0.3) is 0 Å². The fraction of sp³-hybridized carbons (Fsp3) is 0.103. The minimum absolute atomic E-state index is 0.793. The standard InChI is InChI=1S/C29H22O4/c1-30-21-11-7-19(8-12-21)29(20-9-13-22(31-2)14-10-20)18-17-24-26(33-29)15-16-27-28(24)23-5-3-4-6-25(23)32-27/h3-18H,1-2H3. The Morgan fingerprint density at radius 1 is 0.667 bits per heavy atom. The van der Waals surface area contributed by atoms with Gasteiger partial charge < -0.3 is 18.6 Å². The maximum atomic E-state index is 6.86. The molecule has 0 unspecified atom stereocenters. The van der Waals surface area contributed by atoms with Gasteiger partial charge in [-0.1, -0.05) is 42.5 Å². The van der Waals surface area contributed by atoms with Crippen LogP contribution in [0.4, 0.5) is 0 Å². The fourth-order valence-corrected chi connectivity index (χ4v) is 4.64. The quantitative estimate of drug-likeness (QED) is 0.307. The molecule has 33 heavy (non-hydrogen) atoms. The molecule has 6 rings (SSSR count).